The maximum Gasteiger partial charge on any atom is 0.132 e. The van der Waals surface area contributed by atoms with E-state index in [4.69, 9.17) is 0 Å². The second-order valence-corrected chi connectivity index (χ2v) is 4.35. The van der Waals surface area contributed by atoms with Crippen molar-refractivity contribution in [3.63, 3.8) is 0 Å². The summed E-state index contributed by atoms with van der Waals surface area (Å²) in [6, 6.07) is 2.44. The third-order valence-corrected chi connectivity index (χ3v) is 2.91. The van der Waals surface area contributed by atoms with E-state index >= 15 is 0 Å². The highest BCUT2D eigenvalue weighted by Crippen LogP contribution is 2.29. The van der Waals surface area contributed by atoms with Gasteiger partial charge in [-0.2, -0.15) is 0 Å². The molecule has 1 atom stereocenters. The molecule has 0 bridgehead atoms. The molecule has 1 aromatic rings. The van der Waals surface area contributed by atoms with E-state index in [-0.39, 0.29) is 11.6 Å². The Bertz CT molecular complexity index is 325. The number of hydrogen-bond donors (Lipinski definition) is 1. The van der Waals surface area contributed by atoms with Gasteiger partial charge in [-0.05, 0) is 31.5 Å². The molecular weight excluding hydrogens is 252 g/mol. The minimum Gasteiger partial charge on any atom is -0.310 e. The standard InChI is InChI=1S/C10H10BrF2N/c11-6-4-7(12)10(8(13)5-6)9-2-1-3-14-9/h4-5,9,14H,1-3H2/t9-/m0/s1. The average Bonchev–Trinajstić information content (AvgIpc) is 2.54. The van der Waals surface area contributed by atoms with Gasteiger partial charge >= 0.3 is 0 Å². The van der Waals surface area contributed by atoms with Crippen LogP contribution >= 0.6 is 15.9 Å². The van der Waals surface area contributed by atoms with Crippen LogP contribution in [0.3, 0.4) is 0 Å². The zero-order valence-corrected chi connectivity index (χ0v) is 9.07. The predicted molar refractivity (Wildman–Crippen MR) is 54.0 cm³/mol. The highest BCUT2D eigenvalue weighted by Gasteiger charge is 2.23. The largest absolute Gasteiger partial charge is 0.310 e. The smallest absolute Gasteiger partial charge is 0.132 e. The fourth-order valence-corrected chi connectivity index (χ4v) is 2.22. The minimum atomic E-state index is -0.476. The predicted octanol–water partition coefficient (Wildman–Crippen LogP) is 3.15. The molecule has 14 heavy (non-hydrogen) atoms. The first-order valence-electron chi connectivity index (χ1n) is 4.56. The molecule has 0 radical (unpaired) electrons. The topological polar surface area (TPSA) is 12.0 Å². The molecule has 0 unspecified atom stereocenters. The van der Waals surface area contributed by atoms with Gasteiger partial charge < -0.3 is 5.32 Å². The van der Waals surface area contributed by atoms with Crippen molar-refractivity contribution in [1.29, 1.82) is 0 Å². The molecule has 0 aromatic heterocycles. The summed E-state index contributed by atoms with van der Waals surface area (Å²) in [5.74, 6) is -0.951. The van der Waals surface area contributed by atoms with E-state index in [0.29, 0.717) is 4.47 Å². The Morgan fingerprint density at radius 3 is 2.43 bits per heavy atom. The fraction of sp³-hybridized carbons (Fsp3) is 0.400. The van der Waals surface area contributed by atoms with Crippen LogP contribution in [0, 0.1) is 11.6 Å². The Balaban J connectivity index is 2.40. The molecule has 0 saturated carbocycles. The molecule has 1 aliphatic heterocycles. The van der Waals surface area contributed by atoms with Gasteiger partial charge in [-0.3, -0.25) is 0 Å². The lowest BCUT2D eigenvalue weighted by molar-refractivity contribution is 0.506. The zero-order chi connectivity index (χ0) is 10.1. The van der Waals surface area contributed by atoms with Crippen molar-refractivity contribution in [2.75, 3.05) is 6.54 Å². The van der Waals surface area contributed by atoms with Gasteiger partial charge in [0.15, 0.2) is 0 Å². The van der Waals surface area contributed by atoms with E-state index in [1.165, 1.54) is 12.1 Å². The monoisotopic (exact) mass is 261 g/mol. The number of halogens is 3. The Kier molecular flexibility index (Phi) is 2.83. The van der Waals surface area contributed by atoms with Crippen LogP contribution in [0.5, 0.6) is 0 Å². The molecule has 2 rings (SSSR count). The molecule has 76 valence electrons. The molecular formula is C10H10BrF2N. The fourth-order valence-electron chi connectivity index (χ4n) is 1.82. The molecule has 1 aliphatic rings. The van der Waals surface area contributed by atoms with Crippen LogP contribution < -0.4 is 5.32 Å². The van der Waals surface area contributed by atoms with Gasteiger partial charge in [0.25, 0.3) is 0 Å². The summed E-state index contributed by atoms with van der Waals surface area (Å²) in [6.07, 6.45) is 1.77. The van der Waals surface area contributed by atoms with Crippen molar-refractivity contribution in [1.82, 2.24) is 5.32 Å². The van der Waals surface area contributed by atoms with Gasteiger partial charge in [0.2, 0.25) is 0 Å². The third kappa shape index (κ3) is 1.81. The second-order valence-electron chi connectivity index (χ2n) is 3.43. The van der Waals surface area contributed by atoms with E-state index < -0.39 is 11.6 Å². The summed E-state index contributed by atoms with van der Waals surface area (Å²) < 4.78 is 27.3. The van der Waals surface area contributed by atoms with E-state index in [0.717, 1.165) is 19.4 Å². The Morgan fingerprint density at radius 1 is 1.29 bits per heavy atom. The van der Waals surface area contributed by atoms with Crippen molar-refractivity contribution in [3.05, 3.63) is 33.8 Å². The Morgan fingerprint density at radius 2 is 1.93 bits per heavy atom. The third-order valence-electron chi connectivity index (χ3n) is 2.45. The van der Waals surface area contributed by atoms with Gasteiger partial charge in [-0.25, -0.2) is 8.78 Å². The maximum absolute atomic E-state index is 13.5. The summed E-state index contributed by atoms with van der Waals surface area (Å²) in [7, 11) is 0. The van der Waals surface area contributed by atoms with E-state index in [2.05, 4.69) is 21.2 Å². The summed E-state index contributed by atoms with van der Waals surface area (Å²) in [6.45, 7) is 0.833. The molecule has 1 aromatic carbocycles. The lowest BCUT2D eigenvalue weighted by Crippen LogP contribution is -2.16. The first-order valence-corrected chi connectivity index (χ1v) is 5.35. The van der Waals surface area contributed by atoms with Crippen LogP contribution in [0.4, 0.5) is 8.78 Å². The molecule has 0 amide bonds. The number of hydrogen-bond acceptors (Lipinski definition) is 1. The van der Waals surface area contributed by atoms with Crippen molar-refractivity contribution in [2.24, 2.45) is 0 Å². The maximum atomic E-state index is 13.5. The van der Waals surface area contributed by atoms with Crippen LogP contribution in [0.25, 0.3) is 0 Å². The van der Waals surface area contributed by atoms with Crippen molar-refractivity contribution < 1.29 is 8.78 Å². The SMILES string of the molecule is Fc1cc(Br)cc(F)c1[C@@H]1CCCN1. The lowest BCUT2D eigenvalue weighted by Gasteiger charge is -2.12. The van der Waals surface area contributed by atoms with Gasteiger partial charge in [0, 0.05) is 16.1 Å². The zero-order valence-electron chi connectivity index (χ0n) is 7.49. The van der Waals surface area contributed by atoms with Crippen molar-refractivity contribution in [2.45, 2.75) is 18.9 Å². The number of benzene rings is 1. The highest BCUT2D eigenvalue weighted by atomic mass is 79.9. The lowest BCUT2D eigenvalue weighted by atomic mass is 10.0. The second kappa shape index (κ2) is 3.95. The van der Waals surface area contributed by atoms with Gasteiger partial charge in [-0.15, -0.1) is 0 Å². The van der Waals surface area contributed by atoms with Gasteiger partial charge in [0.05, 0.1) is 0 Å². The first kappa shape index (κ1) is 10.1. The minimum absolute atomic E-state index is 0.164. The summed E-state index contributed by atoms with van der Waals surface area (Å²) in [5, 5.41) is 3.08. The van der Waals surface area contributed by atoms with Crippen LogP contribution in [0.1, 0.15) is 24.4 Å². The molecule has 1 fully saturated rings. The van der Waals surface area contributed by atoms with E-state index in [9.17, 15) is 8.78 Å². The normalized spacial score (nSPS) is 21.5. The van der Waals surface area contributed by atoms with Gasteiger partial charge in [0.1, 0.15) is 11.6 Å². The summed E-state index contributed by atoms with van der Waals surface area (Å²) in [4.78, 5) is 0. The van der Waals surface area contributed by atoms with Crippen LogP contribution in [-0.2, 0) is 0 Å². The molecule has 1 nitrogen and oxygen atoms in total. The molecule has 0 aliphatic carbocycles. The van der Waals surface area contributed by atoms with E-state index in [1.807, 2.05) is 0 Å². The quantitative estimate of drug-likeness (QED) is 0.819. The Labute approximate surface area is 89.6 Å². The molecule has 4 heteroatoms. The molecule has 1 heterocycles. The van der Waals surface area contributed by atoms with Gasteiger partial charge in [-0.1, -0.05) is 15.9 Å². The molecule has 1 saturated heterocycles. The number of rotatable bonds is 1. The molecule has 0 spiro atoms. The summed E-state index contributed by atoms with van der Waals surface area (Å²) >= 11 is 3.06. The highest BCUT2D eigenvalue weighted by molar-refractivity contribution is 9.10. The summed E-state index contributed by atoms with van der Waals surface area (Å²) in [5.41, 5.74) is 0.172. The van der Waals surface area contributed by atoms with Crippen LogP contribution in [0.2, 0.25) is 0 Å². The average molecular weight is 262 g/mol. The van der Waals surface area contributed by atoms with Crippen molar-refractivity contribution in [3.8, 4) is 0 Å². The first-order chi connectivity index (χ1) is 6.68. The van der Waals surface area contributed by atoms with Crippen molar-refractivity contribution >= 4 is 15.9 Å². The Hall–Kier alpha value is -0.480. The van der Waals surface area contributed by atoms with Crippen LogP contribution in [-0.4, -0.2) is 6.54 Å². The van der Waals surface area contributed by atoms with Crippen LogP contribution in [0.15, 0.2) is 16.6 Å². The van der Waals surface area contributed by atoms with E-state index in [1.54, 1.807) is 0 Å². The molecule has 1 N–H and O–H groups in total. The number of nitrogens with one attached hydrogen (secondary N) is 1.